The number of pyridine rings is 1. The second kappa shape index (κ2) is 17.0. The molecule has 4 aliphatic rings. The van der Waals surface area contributed by atoms with Crippen LogP contribution in [0.5, 0.6) is 5.75 Å². The Bertz CT molecular complexity index is 2020. The standard InChI is InChI=1S/C45H54N8O4/c1-30(31-19-23-53(24-20-31)41-17-11-32(28-46-41)37-16-18-42(55)50-43(37)56)48-34-12-14-35(15-13-34)49-44(57)45(33-7-3-2-4-8-33)21-25-52(26-22-45)36-27-39(51-47-29-36)38-9-5-6-10-40(38)54/h2-11,17,27-31,34-35,37,48,54H,12-16,18-26H2,1H3,(H,49,57)(H,50,55,56)/t30?,34?,35?,37-/m1/s1. The van der Waals surface area contributed by atoms with Crippen LogP contribution in [0.1, 0.15) is 88.2 Å². The van der Waals surface area contributed by atoms with Gasteiger partial charge in [-0.05, 0) is 106 Å². The van der Waals surface area contributed by atoms with Gasteiger partial charge in [-0.2, -0.15) is 10.2 Å². The number of nitrogens with zero attached hydrogens (tertiary/aromatic N) is 5. The van der Waals surface area contributed by atoms with Gasteiger partial charge in [0.25, 0.3) is 0 Å². The molecular weight excluding hydrogens is 717 g/mol. The third-order valence-electron chi connectivity index (χ3n) is 13.1. The van der Waals surface area contributed by atoms with Crippen molar-refractivity contribution in [3.05, 3.63) is 96.3 Å². The normalized spacial score (nSPS) is 23.4. The first-order valence-corrected chi connectivity index (χ1v) is 20.8. The fourth-order valence-corrected chi connectivity index (χ4v) is 9.57. The Balaban J connectivity index is 0.815. The van der Waals surface area contributed by atoms with Gasteiger partial charge in [0, 0.05) is 62.5 Å². The highest BCUT2D eigenvalue weighted by molar-refractivity contribution is 6.00. The van der Waals surface area contributed by atoms with Crippen LogP contribution in [0.15, 0.2) is 85.2 Å². The SMILES string of the molecule is CC(NC1CCC(NC(=O)C2(c3ccccc3)CCN(c3cnnc(-c4ccccc4O)c3)CC2)CC1)C1CCN(c2ccc([C@H]3CCC(=O)NC3=O)cn2)CC1. The Morgan fingerprint density at radius 1 is 0.842 bits per heavy atom. The number of nitrogens with one attached hydrogen (secondary N) is 3. The summed E-state index contributed by atoms with van der Waals surface area (Å²) in [6.07, 6.45) is 12.0. The number of aromatic nitrogens is 3. The van der Waals surface area contributed by atoms with Gasteiger partial charge >= 0.3 is 0 Å². The Labute approximate surface area is 334 Å². The van der Waals surface area contributed by atoms with Crippen molar-refractivity contribution in [2.75, 3.05) is 36.0 Å². The van der Waals surface area contributed by atoms with Crippen molar-refractivity contribution in [2.24, 2.45) is 5.92 Å². The largest absolute Gasteiger partial charge is 0.507 e. The molecule has 3 saturated heterocycles. The maximum Gasteiger partial charge on any atom is 0.234 e. The van der Waals surface area contributed by atoms with Crippen molar-refractivity contribution in [1.29, 1.82) is 0 Å². The zero-order valence-corrected chi connectivity index (χ0v) is 32.8. The zero-order valence-electron chi connectivity index (χ0n) is 32.8. The van der Waals surface area contributed by atoms with E-state index in [1.807, 2.05) is 48.5 Å². The van der Waals surface area contributed by atoms with Crippen molar-refractivity contribution in [3.8, 4) is 17.0 Å². The van der Waals surface area contributed by atoms with Gasteiger partial charge in [0.15, 0.2) is 0 Å². The van der Waals surface area contributed by atoms with Crippen LogP contribution in [0.4, 0.5) is 11.5 Å². The molecule has 12 nitrogen and oxygen atoms in total. The second-order valence-electron chi connectivity index (χ2n) is 16.5. The maximum atomic E-state index is 14.4. The summed E-state index contributed by atoms with van der Waals surface area (Å²) in [6, 6.07) is 24.4. The van der Waals surface area contributed by atoms with Crippen LogP contribution in [-0.4, -0.2) is 82.3 Å². The average Bonchev–Trinajstić information content (AvgIpc) is 3.25. The molecule has 1 unspecified atom stereocenters. The number of amides is 3. The minimum Gasteiger partial charge on any atom is -0.507 e. The number of rotatable bonds is 10. The molecule has 298 valence electrons. The van der Waals surface area contributed by atoms with E-state index in [4.69, 9.17) is 4.98 Å². The summed E-state index contributed by atoms with van der Waals surface area (Å²) < 4.78 is 0. The van der Waals surface area contributed by atoms with Crippen LogP contribution in [0.3, 0.4) is 0 Å². The van der Waals surface area contributed by atoms with Gasteiger partial charge in [-0.25, -0.2) is 4.98 Å². The molecule has 57 heavy (non-hydrogen) atoms. The minimum atomic E-state index is -0.609. The van der Waals surface area contributed by atoms with Crippen molar-refractivity contribution in [3.63, 3.8) is 0 Å². The lowest BCUT2D eigenvalue weighted by Gasteiger charge is -2.43. The number of phenols is 1. The number of phenolic OH excluding ortho intramolecular Hbond substituents is 1. The van der Waals surface area contributed by atoms with E-state index < -0.39 is 5.41 Å². The number of benzene rings is 2. The van der Waals surface area contributed by atoms with E-state index in [2.05, 4.69) is 55.0 Å². The van der Waals surface area contributed by atoms with Crippen LogP contribution >= 0.6 is 0 Å². The number of aromatic hydroxyl groups is 1. The Morgan fingerprint density at radius 2 is 1.56 bits per heavy atom. The monoisotopic (exact) mass is 770 g/mol. The Hall–Kier alpha value is -5.36. The van der Waals surface area contributed by atoms with E-state index in [9.17, 15) is 19.5 Å². The highest BCUT2D eigenvalue weighted by atomic mass is 16.3. The molecule has 3 aliphatic heterocycles. The number of para-hydroxylation sites is 1. The molecule has 0 spiro atoms. The molecule has 0 radical (unpaired) electrons. The first kappa shape index (κ1) is 38.5. The zero-order chi connectivity index (χ0) is 39.4. The smallest absolute Gasteiger partial charge is 0.234 e. The highest BCUT2D eigenvalue weighted by Crippen LogP contribution is 2.39. The summed E-state index contributed by atoms with van der Waals surface area (Å²) in [5.41, 5.74) is 3.53. The molecule has 4 fully saturated rings. The fraction of sp³-hybridized carbons (Fsp3) is 0.467. The molecule has 4 aromatic rings. The molecule has 3 amide bonds. The fourth-order valence-electron chi connectivity index (χ4n) is 9.57. The molecule has 2 aromatic heterocycles. The predicted molar refractivity (Wildman–Crippen MR) is 220 cm³/mol. The number of hydrogen-bond donors (Lipinski definition) is 4. The summed E-state index contributed by atoms with van der Waals surface area (Å²) in [6.45, 7) is 5.62. The first-order chi connectivity index (χ1) is 27.8. The van der Waals surface area contributed by atoms with Gasteiger partial charge in [-0.15, -0.1) is 0 Å². The summed E-state index contributed by atoms with van der Waals surface area (Å²) in [7, 11) is 0. The third-order valence-corrected chi connectivity index (χ3v) is 13.1. The van der Waals surface area contributed by atoms with E-state index >= 15 is 0 Å². The van der Waals surface area contributed by atoms with Crippen molar-refractivity contribution < 1.29 is 19.5 Å². The molecule has 5 heterocycles. The molecule has 1 aliphatic carbocycles. The van der Waals surface area contributed by atoms with Crippen LogP contribution < -0.4 is 25.8 Å². The summed E-state index contributed by atoms with van der Waals surface area (Å²) in [5.74, 6) is 1.08. The number of piperidine rings is 3. The lowest BCUT2D eigenvalue weighted by Crippen LogP contribution is -2.55. The number of imide groups is 1. The summed E-state index contributed by atoms with van der Waals surface area (Å²) >= 11 is 0. The van der Waals surface area contributed by atoms with E-state index in [1.54, 1.807) is 24.5 Å². The average molecular weight is 771 g/mol. The summed E-state index contributed by atoms with van der Waals surface area (Å²) in [4.78, 5) is 47.5. The Kier molecular flexibility index (Phi) is 11.5. The van der Waals surface area contributed by atoms with E-state index in [-0.39, 0.29) is 35.4 Å². The number of anilines is 2. The minimum absolute atomic E-state index is 0.132. The molecule has 4 N–H and O–H groups in total. The predicted octanol–water partition coefficient (Wildman–Crippen LogP) is 5.62. The van der Waals surface area contributed by atoms with Gasteiger partial charge in [0.05, 0.1) is 28.9 Å². The maximum absolute atomic E-state index is 14.4. The molecule has 0 bridgehead atoms. The second-order valence-corrected chi connectivity index (χ2v) is 16.5. The van der Waals surface area contributed by atoms with Crippen LogP contribution in [-0.2, 0) is 19.8 Å². The highest BCUT2D eigenvalue weighted by Gasteiger charge is 2.44. The van der Waals surface area contributed by atoms with Gasteiger partial charge in [0.2, 0.25) is 17.7 Å². The Morgan fingerprint density at radius 3 is 2.26 bits per heavy atom. The molecule has 2 aromatic carbocycles. The summed E-state index contributed by atoms with van der Waals surface area (Å²) in [5, 5.41) is 28.9. The number of carbonyl (C=O) groups is 3. The molecule has 12 heteroatoms. The number of hydrogen-bond acceptors (Lipinski definition) is 10. The first-order valence-electron chi connectivity index (χ1n) is 20.8. The van der Waals surface area contributed by atoms with Gasteiger partial charge in [0.1, 0.15) is 11.6 Å². The van der Waals surface area contributed by atoms with E-state index in [1.165, 1.54) is 0 Å². The van der Waals surface area contributed by atoms with Crippen molar-refractivity contribution >= 4 is 29.2 Å². The third kappa shape index (κ3) is 8.51. The molecule has 2 atom stereocenters. The quantitative estimate of drug-likeness (QED) is 0.150. The van der Waals surface area contributed by atoms with Gasteiger partial charge in [-0.1, -0.05) is 48.5 Å². The van der Waals surface area contributed by atoms with Gasteiger partial charge < -0.3 is 25.5 Å². The van der Waals surface area contributed by atoms with Crippen LogP contribution in [0.2, 0.25) is 0 Å². The van der Waals surface area contributed by atoms with E-state index in [0.29, 0.717) is 68.0 Å². The lowest BCUT2D eigenvalue weighted by molar-refractivity contribution is -0.134. The lowest BCUT2D eigenvalue weighted by atomic mass is 9.71. The van der Waals surface area contributed by atoms with Crippen LogP contribution in [0.25, 0.3) is 11.3 Å². The topological polar surface area (TPSA) is 153 Å². The van der Waals surface area contributed by atoms with Crippen LogP contribution in [0, 0.1) is 5.92 Å². The van der Waals surface area contributed by atoms with Crippen molar-refractivity contribution in [2.45, 2.75) is 101 Å². The van der Waals surface area contributed by atoms with Gasteiger partial charge in [-0.3, -0.25) is 19.7 Å². The van der Waals surface area contributed by atoms with E-state index in [0.717, 1.165) is 74.2 Å². The molecular formula is C45H54N8O4. The molecule has 8 rings (SSSR count). The van der Waals surface area contributed by atoms with Crippen molar-refractivity contribution in [1.82, 2.24) is 31.1 Å². The molecule has 1 saturated carbocycles. The number of carbonyl (C=O) groups excluding carboxylic acids is 3.